The minimum Gasteiger partial charge on any atom is -0.489 e. The van der Waals surface area contributed by atoms with Gasteiger partial charge in [-0.1, -0.05) is 55.6 Å². The van der Waals surface area contributed by atoms with Crippen molar-refractivity contribution < 1.29 is 14.3 Å². The highest BCUT2D eigenvalue weighted by Gasteiger charge is 2.31. The first-order valence-electron chi connectivity index (χ1n) is 11.1. The van der Waals surface area contributed by atoms with E-state index in [1.807, 2.05) is 36.4 Å². The first-order valence-corrected chi connectivity index (χ1v) is 11.1. The number of hydrogen-bond donors (Lipinski definition) is 0. The number of carbonyl (C=O) groups is 1. The van der Waals surface area contributed by atoms with E-state index < -0.39 is 0 Å². The quantitative estimate of drug-likeness (QED) is 0.533. The molecule has 0 unspecified atom stereocenters. The molecule has 2 aromatic carbocycles. The van der Waals surface area contributed by atoms with Crippen molar-refractivity contribution in [3.8, 4) is 5.75 Å². The molecule has 5 heteroatoms. The number of hydrogen-bond acceptors (Lipinski definition) is 4. The molecule has 5 nitrogen and oxygen atoms in total. The summed E-state index contributed by atoms with van der Waals surface area (Å²) < 4.78 is 14.0. The minimum absolute atomic E-state index is 0.00835. The molecule has 0 amide bonds. The van der Waals surface area contributed by atoms with E-state index in [0.717, 1.165) is 71.9 Å². The van der Waals surface area contributed by atoms with Crippen molar-refractivity contribution in [2.75, 3.05) is 39.5 Å². The summed E-state index contributed by atoms with van der Waals surface area (Å²) in [5.41, 5.74) is 5.11. The Labute approximate surface area is 188 Å². The van der Waals surface area contributed by atoms with Crippen LogP contribution in [0.5, 0.6) is 5.75 Å². The number of rotatable bonds is 6. The first-order chi connectivity index (χ1) is 15.6. The van der Waals surface area contributed by atoms with Gasteiger partial charge in [-0.2, -0.15) is 0 Å². The Hall–Kier alpha value is -3.15. The maximum absolute atomic E-state index is 13.9. The van der Waals surface area contributed by atoms with Crippen molar-refractivity contribution in [1.29, 1.82) is 0 Å². The molecule has 0 aliphatic carbocycles. The number of carbonyl (C=O) groups excluding carboxylic acids is 1. The predicted molar refractivity (Wildman–Crippen MR) is 129 cm³/mol. The lowest BCUT2D eigenvalue weighted by molar-refractivity contribution is 0.0272. The van der Waals surface area contributed by atoms with Crippen LogP contribution in [0.2, 0.25) is 0 Å². The van der Waals surface area contributed by atoms with Crippen LogP contribution in [0, 0.1) is 6.92 Å². The van der Waals surface area contributed by atoms with Crippen molar-refractivity contribution in [2.45, 2.75) is 13.0 Å². The van der Waals surface area contributed by atoms with E-state index in [2.05, 4.69) is 29.5 Å². The van der Waals surface area contributed by atoms with E-state index in [-0.39, 0.29) is 11.8 Å². The Morgan fingerprint density at radius 2 is 1.91 bits per heavy atom. The van der Waals surface area contributed by atoms with Gasteiger partial charge in [0.15, 0.2) is 5.78 Å². The van der Waals surface area contributed by atoms with E-state index in [9.17, 15) is 4.79 Å². The van der Waals surface area contributed by atoms with Crippen molar-refractivity contribution >= 4 is 28.8 Å². The molecule has 1 aromatic heterocycles. The third-order valence-corrected chi connectivity index (χ3v) is 6.64. The summed E-state index contributed by atoms with van der Waals surface area (Å²) in [6, 6.07) is 11.9. The molecule has 3 heterocycles. The lowest BCUT2D eigenvalue weighted by atomic mass is 9.93. The van der Waals surface area contributed by atoms with Crippen LogP contribution in [0.1, 0.15) is 38.8 Å². The normalized spacial score (nSPS) is 18.3. The van der Waals surface area contributed by atoms with E-state index in [4.69, 9.17) is 9.47 Å². The van der Waals surface area contributed by atoms with Gasteiger partial charge in [-0.25, -0.2) is 0 Å². The molecule has 3 aromatic rings. The number of morpholine rings is 1. The zero-order valence-electron chi connectivity index (χ0n) is 18.5. The molecule has 1 fully saturated rings. The van der Waals surface area contributed by atoms with Crippen LogP contribution in [0.25, 0.3) is 23.1 Å². The molecular weight excluding hydrogens is 400 g/mol. The van der Waals surface area contributed by atoms with Crippen molar-refractivity contribution in [3.05, 3.63) is 77.5 Å². The molecule has 1 atom stereocenters. The average molecular weight is 429 g/mol. The van der Waals surface area contributed by atoms with Gasteiger partial charge in [0.2, 0.25) is 0 Å². The van der Waals surface area contributed by atoms with Crippen molar-refractivity contribution in [2.24, 2.45) is 0 Å². The lowest BCUT2D eigenvalue weighted by Gasteiger charge is -2.34. The lowest BCUT2D eigenvalue weighted by Crippen LogP contribution is -2.42. The molecular formula is C27H28N2O3. The number of aromatic nitrogens is 1. The monoisotopic (exact) mass is 428 g/mol. The highest BCUT2D eigenvalue weighted by molar-refractivity contribution is 6.19. The number of ketones is 1. The largest absolute Gasteiger partial charge is 0.489 e. The van der Waals surface area contributed by atoms with Gasteiger partial charge in [0.05, 0.1) is 30.3 Å². The first kappa shape index (κ1) is 20.7. The van der Waals surface area contributed by atoms with Gasteiger partial charge < -0.3 is 14.0 Å². The second-order valence-electron chi connectivity index (χ2n) is 8.41. The number of ether oxygens (including phenoxy) is 2. The highest BCUT2D eigenvalue weighted by Crippen LogP contribution is 2.40. The minimum atomic E-state index is 0.00835. The SMILES string of the molecule is C=Cc1cccc(C(=O)c2c(C)n3c4c(cccc24)OC[C@H]3CN2CCOCC2)c1C=C. The molecule has 2 aliphatic heterocycles. The molecule has 1 saturated heterocycles. The zero-order chi connectivity index (χ0) is 22.2. The molecule has 0 bridgehead atoms. The van der Waals surface area contributed by atoms with Gasteiger partial charge in [0, 0.05) is 36.3 Å². The third-order valence-electron chi connectivity index (χ3n) is 6.64. The van der Waals surface area contributed by atoms with Crippen LogP contribution in [-0.4, -0.2) is 54.7 Å². The summed E-state index contributed by atoms with van der Waals surface area (Å²) in [5.74, 6) is 0.848. The van der Waals surface area contributed by atoms with Crippen LogP contribution in [-0.2, 0) is 4.74 Å². The van der Waals surface area contributed by atoms with Crippen LogP contribution in [0.3, 0.4) is 0 Å². The topological polar surface area (TPSA) is 43.7 Å². The third kappa shape index (κ3) is 3.29. The van der Waals surface area contributed by atoms with E-state index >= 15 is 0 Å². The van der Waals surface area contributed by atoms with Crippen LogP contribution < -0.4 is 4.74 Å². The molecule has 0 N–H and O–H groups in total. The smallest absolute Gasteiger partial charge is 0.196 e. The summed E-state index contributed by atoms with van der Waals surface area (Å²) in [5, 5.41) is 0.940. The van der Waals surface area contributed by atoms with Gasteiger partial charge in [-0.15, -0.1) is 0 Å². The Balaban J connectivity index is 1.64. The molecule has 164 valence electrons. The van der Waals surface area contributed by atoms with Crippen molar-refractivity contribution in [1.82, 2.24) is 9.47 Å². The summed E-state index contributed by atoms with van der Waals surface area (Å²) >= 11 is 0. The maximum Gasteiger partial charge on any atom is 0.196 e. The zero-order valence-corrected chi connectivity index (χ0v) is 18.5. The molecule has 2 aliphatic rings. The van der Waals surface area contributed by atoms with Gasteiger partial charge in [0.1, 0.15) is 12.4 Å². The fraction of sp³-hybridized carbons (Fsp3) is 0.296. The van der Waals surface area contributed by atoms with Crippen LogP contribution in [0.4, 0.5) is 0 Å². The molecule has 0 radical (unpaired) electrons. The summed E-state index contributed by atoms with van der Waals surface area (Å²) in [6.07, 6.45) is 3.51. The second kappa shape index (κ2) is 8.41. The average Bonchev–Trinajstić information content (AvgIpc) is 3.14. The summed E-state index contributed by atoms with van der Waals surface area (Å²) in [7, 11) is 0. The Morgan fingerprint density at radius 1 is 1.12 bits per heavy atom. The van der Waals surface area contributed by atoms with Crippen LogP contribution in [0.15, 0.2) is 49.6 Å². The van der Waals surface area contributed by atoms with E-state index in [1.54, 1.807) is 12.2 Å². The van der Waals surface area contributed by atoms with E-state index in [1.165, 1.54) is 0 Å². The Morgan fingerprint density at radius 3 is 2.66 bits per heavy atom. The molecule has 32 heavy (non-hydrogen) atoms. The fourth-order valence-corrected chi connectivity index (χ4v) is 5.11. The standard InChI is InChI=1S/C27H28N2O3/c1-4-19-8-6-9-22(21(19)5-2)27(30)25-18(3)29-20(16-28-12-14-31-15-13-28)17-32-24-11-7-10-23(25)26(24)29/h4-11,20H,1-2,12-17H2,3H3/t20-/m1/s1. The number of nitrogens with zero attached hydrogens (tertiary/aromatic N) is 2. The second-order valence-corrected chi connectivity index (χ2v) is 8.41. The summed E-state index contributed by atoms with van der Waals surface area (Å²) in [6.45, 7) is 14.7. The Bertz CT molecular complexity index is 1220. The maximum atomic E-state index is 13.9. The van der Waals surface area contributed by atoms with E-state index in [0.29, 0.717) is 12.2 Å². The molecule has 0 spiro atoms. The van der Waals surface area contributed by atoms with Crippen molar-refractivity contribution in [3.63, 3.8) is 0 Å². The number of para-hydroxylation sites is 1. The van der Waals surface area contributed by atoms with Crippen LogP contribution >= 0.6 is 0 Å². The highest BCUT2D eigenvalue weighted by atomic mass is 16.5. The predicted octanol–water partition coefficient (Wildman–Crippen LogP) is 4.73. The van der Waals surface area contributed by atoms with Gasteiger partial charge in [0.25, 0.3) is 0 Å². The van der Waals surface area contributed by atoms with Gasteiger partial charge in [-0.3, -0.25) is 9.69 Å². The Kier molecular flexibility index (Phi) is 5.45. The molecule has 0 saturated carbocycles. The number of benzene rings is 2. The van der Waals surface area contributed by atoms with Gasteiger partial charge >= 0.3 is 0 Å². The van der Waals surface area contributed by atoms with Gasteiger partial charge in [-0.05, 0) is 24.1 Å². The molecule has 5 rings (SSSR count). The summed E-state index contributed by atoms with van der Waals surface area (Å²) in [4.78, 5) is 16.3. The fourth-order valence-electron chi connectivity index (χ4n) is 5.11.